The first-order valence-electron chi connectivity index (χ1n) is 3.33. The van der Waals surface area contributed by atoms with E-state index in [1.165, 1.54) is 0 Å². The molecule has 0 aromatic carbocycles. The molecule has 2 unspecified atom stereocenters. The predicted octanol–water partition coefficient (Wildman–Crippen LogP) is 3.11. The van der Waals surface area contributed by atoms with E-state index in [2.05, 4.69) is 21.1 Å². The van der Waals surface area contributed by atoms with Crippen molar-refractivity contribution in [3.8, 4) is 0 Å². The van der Waals surface area contributed by atoms with Crippen molar-refractivity contribution in [2.45, 2.75) is 0 Å². The van der Waals surface area contributed by atoms with Gasteiger partial charge < -0.3 is 0 Å². The number of aromatic nitrogens is 2. The molecule has 0 aliphatic carbocycles. The van der Waals surface area contributed by atoms with Crippen molar-refractivity contribution in [2.75, 3.05) is 0 Å². The summed E-state index contributed by atoms with van der Waals surface area (Å²) in [6.07, 6.45) is 0. The molecule has 0 spiro atoms. The summed E-state index contributed by atoms with van der Waals surface area (Å²) in [6, 6.07) is 0. The van der Waals surface area contributed by atoms with E-state index in [0.29, 0.717) is 0 Å². The van der Waals surface area contributed by atoms with E-state index in [-0.39, 0.29) is 0 Å². The van der Waals surface area contributed by atoms with Crippen LogP contribution in [0.5, 0.6) is 0 Å². The number of nitrogens with zero attached hydrogens (tertiary/aromatic N) is 2. The van der Waals surface area contributed by atoms with E-state index in [0.717, 1.165) is 38.6 Å². The fourth-order valence-corrected chi connectivity index (χ4v) is 21.5. The molecule has 0 bridgehead atoms. The van der Waals surface area contributed by atoms with Crippen LogP contribution in [0.3, 0.4) is 0 Å². The second-order valence-corrected chi connectivity index (χ2v) is 20.1. The molecule has 0 fully saturated rings. The van der Waals surface area contributed by atoms with Crippen molar-refractivity contribution in [1.82, 2.24) is 9.49 Å². The molecule has 2 heterocycles. The third-order valence-electron chi connectivity index (χ3n) is 1.48. The second kappa shape index (κ2) is 4.72. The molecular formula is C4H4Cl2N2P4Zr. The van der Waals surface area contributed by atoms with E-state index >= 15 is 0 Å². The Morgan fingerprint density at radius 2 is 1.54 bits per heavy atom. The first-order chi connectivity index (χ1) is 6.21. The molecule has 0 radical (unpaired) electrons. The summed E-state index contributed by atoms with van der Waals surface area (Å²) >= 11 is -3.27. The summed E-state index contributed by atoms with van der Waals surface area (Å²) < 4.78 is 10.6. The summed E-state index contributed by atoms with van der Waals surface area (Å²) in [6.45, 7) is 0. The van der Waals surface area contributed by atoms with Gasteiger partial charge in [-0.2, -0.15) is 0 Å². The van der Waals surface area contributed by atoms with Crippen LogP contribution in [0.2, 0.25) is 0 Å². The van der Waals surface area contributed by atoms with E-state index in [1.54, 1.807) is 0 Å². The zero-order valence-electron chi connectivity index (χ0n) is 6.20. The van der Waals surface area contributed by atoms with Crippen LogP contribution in [0.15, 0.2) is 11.6 Å². The van der Waals surface area contributed by atoms with Gasteiger partial charge in [0, 0.05) is 0 Å². The molecule has 2 rings (SSSR count). The molecule has 2 aromatic rings. The number of rotatable bonds is 2. The molecule has 0 saturated carbocycles. The van der Waals surface area contributed by atoms with Crippen molar-refractivity contribution < 1.29 is 17.9 Å². The SMILES string of the molecule is [Cl][Zr]([Cl])([c]1c[pH]pn1)[c]1c[pH]pn1. The number of halogens is 2. The Morgan fingerprint density at radius 3 is 1.85 bits per heavy atom. The fraction of sp³-hybridized carbons (Fsp3) is 0. The molecule has 9 heteroatoms. The second-order valence-electron chi connectivity index (χ2n) is 2.29. The van der Waals surface area contributed by atoms with E-state index in [1.807, 2.05) is 0 Å². The summed E-state index contributed by atoms with van der Waals surface area (Å²) in [4.78, 5) is 0. The molecular weight excluding hydrogens is 362 g/mol. The van der Waals surface area contributed by atoms with Crippen molar-refractivity contribution in [1.29, 1.82) is 0 Å². The van der Waals surface area contributed by atoms with Gasteiger partial charge in [-0.1, -0.05) is 0 Å². The van der Waals surface area contributed by atoms with E-state index in [4.69, 9.17) is 17.0 Å². The fourth-order valence-electron chi connectivity index (χ4n) is 0.841. The maximum atomic E-state index is 6.40. The van der Waals surface area contributed by atoms with Gasteiger partial charge in [0.25, 0.3) is 0 Å². The number of hydrogen-bond acceptors (Lipinski definition) is 2. The average Bonchev–Trinajstić information content (AvgIpc) is 2.78. The van der Waals surface area contributed by atoms with Crippen LogP contribution in [-0.2, 0) is 17.9 Å². The first-order valence-corrected chi connectivity index (χ1v) is 17.6. The van der Waals surface area contributed by atoms with Crippen LogP contribution in [0.25, 0.3) is 0 Å². The van der Waals surface area contributed by atoms with Crippen LogP contribution in [-0.4, -0.2) is 9.49 Å². The Balaban J connectivity index is 2.42. The van der Waals surface area contributed by atoms with Crippen molar-refractivity contribution >= 4 is 55.6 Å². The summed E-state index contributed by atoms with van der Waals surface area (Å²) in [5.74, 6) is 4.18. The Morgan fingerprint density at radius 1 is 1.08 bits per heavy atom. The summed E-state index contributed by atoms with van der Waals surface area (Å²) in [5.41, 5.74) is 0. The molecule has 13 heavy (non-hydrogen) atoms. The molecule has 0 saturated heterocycles. The zero-order valence-corrected chi connectivity index (χ0v) is 14.0. The quantitative estimate of drug-likeness (QED) is 0.817. The Hall–Kier alpha value is 1.74. The van der Waals surface area contributed by atoms with Crippen LogP contribution < -0.4 is 6.80 Å². The third-order valence-corrected chi connectivity index (χ3v) is 16.6. The van der Waals surface area contributed by atoms with Gasteiger partial charge in [0.15, 0.2) is 0 Å². The molecule has 0 aliphatic heterocycles. The molecule has 0 amide bonds. The standard InChI is InChI=1S/2C2H2NP2.2ClH.Zr/c2*1-2-4-5-3-1;;;/h2*2,4H;2*1H;/q;;;;+2/p-2. The number of hydrogen-bond donors (Lipinski definition) is 0. The van der Waals surface area contributed by atoms with Crippen molar-refractivity contribution in [2.24, 2.45) is 0 Å². The monoisotopic (exact) mass is 364 g/mol. The molecule has 0 N–H and O–H groups in total. The Kier molecular flexibility index (Phi) is 4.08. The van der Waals surface area contributed by atoms with Crippen LogP contribution in [0, 0.1) is 0 Å². The van der Waals surface area contributed by atoms with Gasteiger partial charge in [0.2, 0.25) is 0 Å². The minimum atomic E-state index is -3.27. The molecule has 0 aliphatic rings. The van der Waals surface area contributed by atoms with Gasteiger partial charge in [-0.15, -0.1) is 0 Å². The third kappa shape index (κ3) is 2.46. The van der Waals surface area contributed by atoms with Crippen LogP contribution in [0.1, 0.15) is 0 Å². The molecule has 2 atom stereocenters. The van der Waals surface area contributed by atoms with Crippen molar-refractivity contribution in [3.63, 3.8) is 0 Å². The normalized spacial score (nSPS) is 14.3. The summed E-state index contributed by atoms with van der Waals surface area (Å²) in [5, 5.41) is 0. The average molecular weight is 366 g/mol. The van der Waals surface area contributed by atoms with E-state index in [9.17, 15) is 0 Å². The van der Waals surface area contributed by atoms with Gasteiger partial charge in [-0.05, 0) is 0 Å². The maximum absolute atomic E-state index is 6.40. The van der Waals surface area contributed by atoms with Gasteiger partial charge in [-0.25, -0.2) is 0 Å². The predicted molar refractivity (Wildman–Crippen MR) is 63.5 cm³/mol. The zero-order chi connectivity index (χ0) is 9.31. The minimum absolute atomic E-state index is 0.737. The van der Waals surface area contributed by atoms with Gasteiger partial charge in [0.1, 0.15) is 0 Å². The molecule has 68 valence electrons. The van der Waals surface area contributed by atoms with Gasteiger partial charge >= 0.3 is 94.6 Å². The topological polar surface area (TPSA) is 25.8 Å². The van der Waals surface area contributed by atoms with Crippen LogP contribution in [0.4, 0.5) is 0 Å². The Bertz CT molecular complexity index is 339. The molecule has 2 aromatic heterocycles. The van der Waals surface area contributed by atoms with Crippen LogP contribution >= 0.6 is 48.8 Å². The van der Waals surface area contributed by atoms with E-state index < -0.39 is 17.9 Å². The van der Waals surface area contributed by atoms with Gasteiger partial charge in [-0.3, -0.25) is 0 Å². The Labute approximate surface area is 93.7 Å². The summed E-state index contributed by atoms with van der Waals surface area (Å²) in [7, 11) is 16.5. The van der Waals surface area contributed by atoms with Crippen molar-refractivity contribution in [3.05, 3.63) is 11.6 Å². The first kappa shape index (κ1) is 11.2. The molecule has 2 nitrogen and oxygen atoms in total. The van der Waals surface area contributed by atoms with Gasteiger partial charge in [0.05, 0.1) is 0 Å².